The average Bonchev–Trinajstić information content (AvgIpc) is 2.61. The summed E-state index contributed by atoms with van der Waals surface area (Å²) in [4.78, 5) is 16.2. The monoisotopic (exact) mass is 289 g/mol. The van der Waals surface area contributed by atoms with E-state index in [1.807, 2.05) is 43.5 Å². The minimum absolute atomic E-state index is 0.238. The van der Waals surface area contributed by atoms with Crippen molar-refractivity contribution in [1.82, 2.24) is 9.55 Å². The van der Waals surface area contributed by atoms with Crippen LogP contribution in [0.3, 0.4) is 0 Å². The standard InChI is InChI=1S/C16H23N3O2/c1-10(2)19-13-7-6-11(8-12(13)18-15(19)17)9-14(20)21-16(3,4)5/h6-8,10H,9H2,1-5H3,(H2,17,18). The molecule has 1 heterocycles. The van der Waals surface area contributed by atoms with Crippen molar-refractivity contribution in [2.75, 3.05) is 5.73 Å². The second-order valence-corrected chi connectivity index (χ2v) is 6.52. The van der Waals surface area contributed by atoms with Crippen molar-refractivity contribution in [3.63, 3.8) is 0 Å². The van der Waals surface area contributed by atoms with Crippen LogP contribution < -0.4 is 5.73 Å². The Morgan fingerprint density at radius 3 is 2.62 bits per heavy atom. The molecule has 0 saturated heterocycles. The van der Waals surface area contributed by atoms with E-state index in [1.165, 1.54) is 0 Å². The van der Waals surface area contributed by atoms with Crippen molar-refractivity contribution in [2.24, 2.45) is 0 Å². The van der Waals surface area contributed by atoms with Crippen LogP contribution in [0.15, 0.2) is 18.2 Å². The maximum atomic E-state index is 11.9. The zero-order valence-corrected chi connectivity index (χ0v) is 13.3. The fourth-order valence-electron chi connectivity index (χ4n) is 2.36. The molecule has 1 aromatic heterocycles. The number of esters is 1. The predicted octanol–water partition coefficient (Wildman–Crippen LogP) is 3.08. The van der Waals surface area contributed by atoms with Gasteiger partial charge in [-0.2, -0.15) is 0 Å². The minimum atomic E-state index is -0.467. The Kier molecular flexibility index (Phi) is 3.94. The molecule has 0 radical (unpaired) electrons. The van der Waals surface area contributed by atoms with Gasteiger partial charge in [0.15, 0.2) is 0 Å². The average molecular weight is 289 g/mol. The molecule has 0 amide bonds. The summed E-state index contributed by atoms with van der Waals surface area (Å²) < 4.78 is 7.31. The number of aromatic nitrogens is 2. The Morgan fingerprint density at radius 2 is 2.05 bits per heavy atom. The molecule has 0 aliphatic rings. The van der Waals surface area contributed by atoms with Gasteiger partial charge in [-0.05, 0) is 52.3 Å². The quantitative estimate of drug-likeness (QED) is 0.881. The van der Waals surface area contributed by atoms with Crippen molar-refractivity contribution in [3.05, 3.63) is 23.8 Å². The van der Waals surface area contributed by atoms with Crippen molar-refractivity contribution in [3.8, 4) is 0 Å². The highest BCUT2D eigenvalue weighted by Gasteiger charge is 2.17. The van der Waals surface area contributed by atoms with Crippen molar-refractivity contribution >= 4 is 23.0 Å². The summed E-state index contributed by atoms with van der Waals surface area (Å²) in [5.41, 5.74) is 8.15. The Labute approximate surface area is 125 Å². The summed E-state index contributed by atoms with van der Waals surface area (Å²) in [5, 5.41) is 0. The van der Waals surface area contributed by atoms with Gasteiger partial charge in [-0.25, -0.2) is 4.98 Å². The van der Waals surface area contributed by atoms with E-state index in [9.17, 15) is 4.79 Å². The van der Waals surface area contributed by atoms with E-state index in [2.05, 4.69) is 18.8 Å². The molecule has 2 aromatic rings. The van der Waals surface area contributed by atoms with Gasteiger partial charge in [0.25, 0.3) is 0 Å². The van der Waals surface area contributed by atoms with Crippen LogP contribution in [0.2, 0.25) is 0 Å². The number of nitrogens with two attached hydrogens (primary N) is 1. The van der Waals surface area contributed by atoms with Crippen molar-refractivity contribution in [1.29, 1.82) is 0 Å². The van der Waals surface area contributed by atoms with Crippen LogP contribution in [-0.4, -0.2) is 21.1 Å². The molecule has 5 heteroatoms. The van der Waals surface area contributed by atoms with Gasteiger partial charge in [0.1, 0.15) is 5.60 Å². The first kappa shape index (κ1) is 15.4. The number of hydrogen-bond donors (Lipinski definition) is 1. The Morgan fingerprint density at radius 1 is 1.38 bits per heavy atom. The third-order valence-electron chi connectivity index (χ3n) is 3.07. The molecular weight excluding hydrogens is 266 g/mol. The number of anilines is 1. The number of ether oxygens (including phenoxy) is 1. The number of imidazole rings is 1. The molecule has 21 heavy (non-hydrogen) atoms. The fraction of sp³-hybridized carbons (Fsp3) is 0.500. The highest BCUT2D eigenvalue weighted by atomic mass is 16.6. The van der Waals surface area contributed by atoms with Gasteiger partial charge in [-0.3, -0.25) is 4.79 Å². The number of carbonyl (C=O) groups is 1. The molecule has 0 saturated carbocycles. The van der Waals surface area contributed by atoms with E-state index >= 15 is 0 Å². The summed E-state index contributed by atoms with van der Waals surface area (Å²) >= 11 is 0. The molecule has 2 N–H and O–H groups in total. The van der Waals surface area contributed by atoms with E-state index in [-0.39, 0.29) is 18.4 Å². The van der Waals surface area contributed by atoms with Crippen LogP contribution >= 0.6 is 0 Å². The fourth-order valence-corrected chi connectivity index (χ4v) is 2.36. The predicted molar refractivity (Wildman–Crippen MR) is 84.1 cm³/mol. The number of nitrogen functional groups attached to an aromatic ring is 1. The summed E-state index contributed by atoms with van der Waals surface area (Å²) in [6.07, 6.45) is 0.238. The van der Waals surface area contributed by atoms with E-state index < -0.39 is 5.60 Å². The zero-order chi connectivity index (χ0) is 15.8. The van der Waals surface area contributed by atoms with Crippen LogP contribution in [0.1, 0.15) is 46.2 Å². The summed E-state index contributed by atoms with van der Waals surface area (Å²) in [7, 11) is 0. The van der Waals surface area contributed by atoms with Gasteiger partial charge < -0.3 is 15.0 Å². The minimum Gasteiger partial charge on any atom is -0.460 e. The van der Waals surface area contributed by atoms with E-state index in [4.69, 9.17) is 10.5 Å². The SMILES string of the molecule is CC(C)n1c(N)nc2cc(CC(=O)OC(C)(C)C)ccc21. The molecule has 0 aliphatic carbocycles. The Hall–Kier alpha value is -2.04. The normalized spacial score (nSPS) is 12.1. The third kappa shape index (κ3) is 3.54. The van der Waals surface area contributed by atoms with Crippen LogP contribution in [0.4, 0.5) is 5.95 Å². The molecule has 0 fully saturated rings. The van der Waals surface area contributed by atoms with Crippen LogP contribution in [0.5, 0.6) is 0 Å². The molecule has 0 aliphatic heterocycles. The first-order valence-corrected chi connectivity index (χ1v) is 7.15. The van der Waals surface area contributed by atoms with E-state index in [1.54, 1.807) is 0 Å². The molecule has 0 spiro atoms. The van der Waals surface area contributed by atoms with Crippen LogP contribution in [-0.2, 0) is 16.0 Å². The second kappa shape index (κ2) is 5.39. The smallest absolute Gasteiger partial charge is 0.310 e. The maximum absolute atomic E-state index is 11.9. The number of benzene rings is 1. The molecule has 5 nitrogen and oxygen atoms in total. The molecule has 0 unspecified atom stereocenters. The molecule has 1 aromatic carbocycles. The first-order valence-electron chi connectivity index (χ1n) is 7.15. The van der Waals surface area contributed by atoms with Gasteiger partial charge in [0, 0.05) is 6.04 Å². The summed E-state index contributed by atoms with van der Waals surface area (Å²) in [6.45, 7) is 9.70. The molecule has 0 bridgehead atoms. The second-order valence-electron chi connectivity index (χ2n) is 6.52. The first-order chi connectivity index (χ1) is 9.67. The lowest BCUT2D eigenvalue weighted by Crippen LogP contribution is -2.24. The molecule has 0 atom stereocenters. The lowest BCUT2D eigenvalue weighted by atomic mass is 10.1. The molecule has 2 rings (SSSR count). The number of rotatable bonds is 3. The zero-order valence-electron chi connectivity index (χ0n) is 13.3. The highest BCUT2D eigenvalue weighted by Crippen LogP contribution is 2.23. The lowest BCUT2D eigenvalue weighted by Gasteiger charge is -2.19. The van der Waals surface area contributed by atoms with Gasteiger partial charge >= 0.3 is 5.97 Å². The summed E-state index contributed by atoms with van der Waals surface area (Å²) in [6, 6.07) is 6.02. The Bertz CT molecular complexity index is 666. The van der Waals surface area contributed by atoms with Crippen LogP contribution in [0, 0.1) is 0 Å². The van der Waals surface area contributed by atoms with Crippen molar-refractivity contribution < 1.29 is 9.53 Å². The molecular formula is C16H23N3O2. The third-order valence-corrected chi connectivity index (χ3v) is 3.07. The topological polar surface area (TPSA) is 70.1 Å². The van der Waals surface area contributed by atoms with Gasteiger partial charge in [0.2, 0.25) is 5.95 Å². The highest BCUT2D eigenvalue weighted by molar-refractivity contribution is 5.81. The van der Waals surface area contributed by atoms with E-state index in [0.717, 1.165) is 16.6 Å². The largest absolute Gasteiger partial charge is 0.460 e. The number of nitrogens with zero attached hydrogens (tertiary/aromatic N) is 2. The van der Waals surface area contributed by atoms with Crippen LogP contribution in [0.25, 0.3) is 11.0 Å². The lowest BCUT2D eigenvalue weighted by molar-refractivity contribution is -0.153. The van der Waals surface area contributed by atoms with Gasteiger partial charge in [0.05, 0.1) is 17.5 Å². The maximum Gasteiger partial charge on any atom is 0.310 e. The number of hydrogen-bond acceptors (Lipinski definition) is 4. The molecule has 114 valence electrons. The number of fused-ring (bicyclic) bond motifs is 1. The summed E-state index contributed by atoms with van der Waals surface area (Å²) in [5.74, 6) is 0.257. The van der Waals surface area contributed by atoms with Gasteiger partial charge in [-0.15, -0.1) is 0 Å². The van der Waals surface area contributed by atoms with E-state index in [0.29, 0.717) is 5.95 Å². The Balaban J connectivity index is 2.26. The van der Waals surface area contributed by atoms with Crippen molar-refractivity contribution in [2.45, 2.75) is 52.7 Å². The van der Waals surface area contributed by atoms with Gasteiger partial charge in [-0.1, -0.05) is 6.07 Å². The number of carbonyl (C=O) groups excluding carboxylic acids is 1.